The summed E-state index contributed by atoms with van der Waals surface area (Å²) in [4.78, 5) is 16.8. The van der Waals surface area contributed by atoms with E-state index in [0.29, 0.717) is 26.3 Å². The summed E-state index contributed by atoms with van der Waals surface area (Å²) >= 11 is 0. The van der Waals surface area contributed by atoms with Crippen LogP contribution in [0.4, 0.5) is 15.8 Å². The molecule has 2 aromatic carbocycles. The predicted molar refractivity (Wildman–Crippen MR) is 105 cm³/mol. The first-order valence-corrected chi connectivity index (χ1v) is 9.34. The normalized spacial score (nSPS) is 14.4. The highest BCUT2D eigenvalue weighted by molar-refractivity contribution is 5.95. The number of carbonyl (C=O) groups is 1. The standard InChI is InChI=1S/C21H26FN3O2/c1-2-24(15-17-6-5-7-18(22)14-17)16-21(26)23-19-8-3-4-9-20(19)25-10-12-27-13-11-25/h3-9,14H,2,10-13,15-16H2,1H3,(H,23,26). The van der Waals surface area contributed by atoms with E-state index < -0.39 is 0 Å². The second-order valence-electron chi connectivity index (χ2n) is 6.60. The van der Waals surface area contributed by atoms with Gasteiger partial charge in [-0.25, -0.2) is 4.39 Å². The summed E-state index contributed by atoms with van der Waals surface area (Å²) in [6.07, 6.45) is 0. The average molecular weight is 371 g/mol. The van der Waals surface area contributed by atoms with Gasteiger partial charge in [0.25, 0.3) is 0 Å². The monoisotopic (exact) mass is 371 g/mol. The van der Waals surface area contributed by atoms with Crippen LogP contribution in [0.1, 0.15) is 12.5 Å². The molecule has 1 amide bonds. The number of halogens is 1. The molecule has 0 aromatic heterocycles. The molecule has 1 N–H and O–H groups in total. The second-order valence-corrected chi connectivity index (χ2v) is 6.60. The molecule has 2 aromatic rings. The predicted octanol–water partition coefficient (Wildman–Crippen LogP) is 3.12. The first kappa shape index (κ1) is 19.3. The summed E-state index contributed by atoms with van der Waals surface area (Å²) in [5.41, 5.74) is 2.69. The summed E-state index contributed by atoms with van der Waals surface area (Å²) in [5.74, 6) is -0.332. The van der Waals surface area contributed by atoms with Gasteiger partial charge in [-0.05, 0) is 36.4 Å². The number of nitrogens with one attached hydrogen (secondary N) is 1. The number of rotatable bonds is 7. The Morgan fingerprint density at radius 1 is 1.19 bits per heavy atom. The molecule has 0 spiro atoms. The smallest absolute Gasteiger partial charge is 0.238 e. The molecule has 0 unspecified atom stereocenters. The molecule has 1 saturated heterocycles. The molecule has 144 valence electrons. The third-order valence-corrected chi connectivity index (χ3v) is 4.64. The maximum Gasteiger partial charge on any atom is 0.238 e. The Morgan fingerprint density at radius 2 is 1.96 bits per heavy atom. The molecule has 0 saturated carbocycles. The van der Waals surface area contributed by atoms with Crippen molar-refractivity contribution in [3.63, 3.8) is 0 Å². The number of benzene rings is 2. The summed E-state index contributed by atoms with van der Waals surface area (Å²) in [5, 5.41) is 3.03. The number of hydrogen-bond acceptors (Lipinski definition) is 4. The quantitative estimate of drug-likeness (QED) is 0.812. The minimum atomic E-state index is -0.257. The molecule has 1 fully saturated rings. The summed E-state index contributed by atoms with van der Waals surface area (Å²) in [6.45, 7) is 6.50. The van der Waals surface area contributed by atoms with Crippen molar-refractivity contribution in [3.8, 4) is 0 Å². The number of para-hydroxylation sites is 2. The van der Waals surface area contributed by atoms with Crippen LogP contribution in [0.5, 0.6) is 0 Å². The van der Waals surface area contributed by atoms with Crippen LogP contribution in [0.25, 0.3) is 0 Å². The molecule has 1 aliphatic heterocycles. The lowest BCUT2D eigenvalue weighted by Gasteiger charge is -2.30. The van der Waals surface area contributed by atoms with Crippen LogP contribution >= 0.6 is 0 Å². The van der Waals surface area contributed by atoms with Gasteiger partial charge in [0.1, 0.15) is 5.82 Å². The van der Waals surface area contributed by atoms with Crippen molar-refractivity contribution in [1.82, 2.24) is 4.90 Å². The molecular formula is C21H26FN3O2. The van der Waals surface area contributed by atoms with Gasteiger partial charge >= 0.3 is 0 Å². The van der Waals surface area contributed by atoms with Gasteiger partial charge in [-0.2, -0.15) is 0 Å². The SMILES string of the molecule is CCN(CC(=O)Nc1ccccc1N1CCOCC1)Cc1cccc(F)c1. The van der Waals surface area contributed by atoms with Gasteiger partial charge in [0.15, 0.2) is 0 Å². The Morgan fingerprint density at radius 3 is 2.70 bits per heavy atom. The van der Waals surface area contributed by atoms with Crippen molar-refractivity contribution in [2.75, 3.05) is 49.6 Å². The lowest BCUT2D eigenvalue weighted by Crippen LogP contribution is -2.37. The molecule has 5 nitrogen and oxygen atoms in total. The van der Waals surface area contributed by atoms with Crippen LogP contribution < -0.4 is 10.2 Å². The summed E-state index contributed by atoms with van der Waals surface area (Å²) in [6, 6.07) is 14.3. The van der Waals surface area contributed by atoms with E-state index in [1.54, 1.807) is 6.07 Å². The van der Waals surface area contributed by atoms with Crippen LogP contribution in [0, 0.1) is 5.82 Å². The van der Waals surface area contributed by atoms with E-state index in [1.807, 2.05) is 42.2 Å². The third kappa shape index (κ3) is 5.52. The molecule has 0 aliphatic carbocycles. The molecule has 0 radical (unpaired) electrons. The van der Waals surface area contributed by atoms with Crippen molar-refractivity contribution >= 4 is 17.3 Å². The Hall–Kier alpha value is -2.44. The molecular weight excluding hydrogens is 345 g/mol. The fourth-order valence-corrected chi connectivity index (χ4v) is 3.23. The average Bonchev–Trinajstić information content (AvgIpc) is 2.68. The van der Waals surface area contributed by atoms with Gasteiger partial charge in [0, 0.05) is 19.6 Å². The van der Waals surface area contributed by atoms with Gasteiger partial charge < -0.3 is 15.0 Å². The summed E-state index contributed by atoms with van der Waals surface area (Å²) in [7, 11) is 0. The van der Waals surface area contributed by atoms with Crippen molar-refractivity contribution in [2.45, 2.75) is 13.5 Å². The van der Waals surface area contributed by atoms with E-state index in [-0.39, 0.29) is 18.3 Å². The van der Waals surface area contributed by atoms with Crippen LogP contribution in [-0.2, 0) is 16.1 Å². The fraction of sp³-hybridized carbons (Fsp3) is 0.381. The van der Waals surface area contributed by atoms with Crippen LogP contribution in [0.15, 0.2) is 48.5 Å². The number of carbonyl (C=O) groups excluding carboxylic acids is 1. The minimum absolute atomic E-state index is 0.0750. The molecule has 0 atom stereocenters. The van der Waals surface area contributed by atoms with E-state index in [0.717, 1.165) is 30.0 Å². The third-order valence-electron chi connectivity index (χ3n) is 4.64. The van der Waals surface area contributed by atoms with Gasteiger partial charge in [0.05, 0.1) is 31.1 Å². The summed E-state index contributed by atoms with van der Waals surface area (Å²) < 4.78 is 18.8. The topological polar surface area (TPSA) is 44.8 Å². The van der Waals surface area contributed by atoms with Gasteiger partial charge in [0.2, 0.25) is 5.91 Å². The van der Waals surface area contributed by atoms with E-state index in [2.05, 4.69) is 10.2 Å². The maximum atomic E-state index is 13.4. The van der Waals surface area contributed by atoms with Crippen molar-refractivity contribution < 1.29 is 13.9 Å². The number of anilines is 2. The number of likely N-dealkylation sites (N-methyl/N-ethyl adjacent to an activating group) is 1. The number of ether oxygens (including phenoxy) is 1. The first-order chi connectivity index (χ1) is 13.2. The van der Waals surface area contributed by atoms with E-state index in [1.165, 1.54) is 12.1 Å². The van der Waals surface area contributed by atoms with Crippen LogP contribution in [-0.4, -0.2) is 50.2 Å². The van der Waals surface area contributed by atoms with E-state index in [4.69, 9.17) is 4.74 Å². The number of morpholine rings is 1. The van der Waals surface area contributed by atoms with Crippen molar-refractivity contribution in [2.24, 2.45) is 0 Å². The van der Waals surface area contributed by atoms with Crippen molar-refractivity contribution in [3.05, 3.63) is 59.9 Å². The Balaban J connectivity index is 1.62. The first-order valence-electron chi connectivity index (χ1n) is 9.34. The van der Waals surface area contributed by atoms with Gasteiger partial charge in [-0.3, -0.25) is 9.69 Å². The highest BCUT2D eigenvalue weighted by Crippen LogP contribution is 2.26. The number of amides is 1. The highest BCUT2D eigenvalue weighted by Gasteiger charge is 2.17. The fourth-order valence-electron chi connectivity index (χ4n) is 3.23. The molecule has 1 aliphatic rings. The Bertz CT molecular complexity index is 763. The highest BCUT2D eigenvalue weighted by atomic mass is 19.1. The zero-order valence-corrected chi connectivity index (χ0v) is 15.7. The largest absolute Gasteiger partial charge is 0.378 e. The van der Waals surface area contributed by atoms with Gasteiger partial charge in [-0.1, -0.05) is 31.2 Å². The lowest BCUT2D eigenvalue weighted by molar-refractivity contribution is -0.117. The van der Waals surface area contributed by atoms with E-state index >= 15 is 0 Å². The number of hydrogen-bond donors (Lipinski definition) is 1. The number of nitrogens with zero attached hydrogens (tertiary/aromatic N) is 2. The van der Waals surface area contributed by atoms with Crippen LogP contribution in [0.3, 0.4) is 0 Å². The Kier molecular flexibility index (Phi) is 6.79. The zero-order valence-electron chi connectivity index (χ0n) is 15.7. The molecule has 27 heavy (non-hydrogen) atoms. The molecule has 6 heteroatoms. The Labute approximate surface area is 159 Å². The van der Waals surface area contributed by atoms with E-state index in [9.17, 15) is 9.18 Å². The van der Waals surface area contributed by atoms with Gasteiger partial charge in [-0.15, -0.1) is 0 Å². The zero-order chi connectivity index (χ0) is 19.1. The second kappa shape index (κ2) is 9.48. The minimum Gasteiger partial charge on any atom is -0.378 e. The molecule has 1 heterocycles. The molecule has 0 bridgehead atoms. The molecule has 3 rings (SSSR count). The lowest BCUT2D eigenvalue weighted by atomic mass is 10.2. The maximum absolute atomic E-state index is 13.4. The van der Waals surface area contributed by atoms with Crippen LogP contribution in [0.2, 0.25) is 0 Å². The van der Waals surface area contributed by atoms with Crippen molar-refractivity contribution in [1.29, 1.82) is 0 Å².